The Bertz CT molecular complexity index is 344. The topological polar surface area (TPSA) is 130 Å². The Morgan fingerprint density at radius 1 is 1.28 bits per heavy atom. The van der Waals surface area contributed by atoms with E-state index in [-0.39, 0.29) is 30.7 Å². The lowest BCUT2D eigenvalue weighted by molar-refractivity contribution is -0.143. The van der Waals surface area contributed by atoms with Crippen molar-refractivity contribution in [2.75, 3.05) is 0 Å². The van der Waals surface area contributed by atoms with Crippen LogP contribution >= 0.6 is 0 Å². The Morgan fingerprint density at radius 2 is 1.94 bits per heavy atom. The highest BCUT2D eigenvalue weighted by molar-refractivity contribution is 5.85. The minimum Gasteiger partial charge on any atom is -0.481 e. The highest BCUT2D eigenvalue weighted by Crippen LogP contribution is 2.24. The number of rotatable bonds is 6. The highest BCUT2D eigenvalue weighted by atomic mass is 16.4. The molecule has 3 atom stereocenters. The molecule has 18 heavy (non-hydrogen) atoms. The van der Waals surface area contributed by atoms with E-state index in [2.05, 4.69) is 5.32 Å². The number of aliphatic carboxylic acids is 2. The summed E-state index contributed by atoms with van der Waals surface area (Å²) in [5.41, 5.74) is 5.68. The second-order valence-corrected chi connectivity index (χ2v) is 4.60. The third kappa shape index (κ3) is 4.33. The number of nitrogens with one attached hydrogen (secondary N) is 1. The van der Waals surface area contributed by atoms with Crippen molar-refractivity contribution in [3.63, 3.8) is 0 Å². The SMILES string of the molecule is NC1CCC(C(=O)NC(CCC(=O)O)C(=O)O)C1. The number of carbonyl (C=O) groups is 3. The monoisotopic (exact) mass is 258 g/mol. The predicted octanol–water partition coefficient (Wildman–Crippen LogP) is -0.452. The molecule has 3 unspecified atom stereocenters. The largest absolute Gasteiger partial charge is 0.481 e. The van der Waals surface area contributed by atoms with Gasteiger partial charge in [0.1, 0.15) is 6.04 Å². The first kappa shape index (κ1) is 14.4. The lowest BCUT2D eigenvalue weighted by Gasteiger charge is -2.16. The van der Waals surface area contributed by atoms with Gasteiger partial charge in [-0.05, 0) is 25.7 Å². The Labute approximate surface area is 104 Å². The van der Waals surface area contributed by atoms with Gasteiger partial charge in [-0.2, -0.15) is 0 Å². The summed E-state index contributed by atoms with van der Waals surface area (Å²) in [5.74, 6) is -2.90. The fourth-order valence-corrected chi connectivity index (χ4v) is 2.07. The van der Waals surface area contributed by atoms with Crippen LogP contribution in [-0.4, -0.2) is 40.1 Å². The van der Waals surface area contributed by atoms with Crippen LogP contribution in [0, 0.1) is 5.92 Å². The van der Waals surface area contributed by atoms with Crippen LogP contribution in [0.1, 0.15) is 32.1 Å². The molecular formula is C11H18N2O5. The minimum atomic E-state index is -1.22. The lowest BCUT2D eigenvalue weighted by atomic mass is 10.1. The molecular weight excluding hydrogens is 240 g/mol. The van der Waals surface area contributed by atoms with E-state index in [9.17, 15) is 14.4 Å². The van der Waals surface area contributed by atoms with E-state index in [1.807, 2.05) is 0 Å². The molecule has 0 aromatic rings. The van der Waals surface area contributed by atoms with E-state index in [1.54, 1.807) is 0 Å². The van der Waals surface area contributed by atoms with E-state index in [0.717, 1.165) is 6.42 Å². The van der Waals surface area contributed by atoms with Crippen LogP contribution in [0.25, 0.3) is 0 Å². The molecule has 1 aliphatic rings. The molecule has 0 spiro atoms. The van der Waals surface area contributed by atoms with Crippen molar-refractivity contribution in [2.24, 2.45) is 11.7 Å². The minimum absolute atomic E-state index is 0.0111. The zero-order chi connectivity index (χ0) is 13.7. The average Bonchev–Trinajstić information content (AvgIpc) is 2.70. The Hall–Kier alpha value is -1.63. The van der Waals surface area contributed by atoms with Crippen LogP contribution in [-0.2, 0) is 14.4 Å². The first-order valence-corrected chi connectivity index (χ1v) is 5.90. The molecule has 5 N–H and O–H groups in total. The van der Waals surface area contributed by atoms with Crippen molar-refractivity contribution in [3.8, 4) is 0 Å². The van der Waals surface area contributed by atoms with Gasteiger partial charge >= 0.3 is 11.9 Å². The first-order chi connectivity index (χ1) is 8.40. The fourth-order valence-electron chi connectivity index (χ4n) is 2.07. The lowest BCUT2D eigenvalue weighted by Crippen LogP contribution is -2.43. The molecule has 1 amide bonds. The fraction of sp³-hybridized carbons (Fsp3) is 0.727. The van der Waals surface area contributed by atoms with Gasteiger partial charge in [-0.1, -0.05) is 0 Å². The number of carbonyl (C=O) groups excluding carboxylic acids is 1. The maximum atomic E-state index is 11.8. The molecule has 0 aromatic carbocycles. The van der Waals surface area contributed by atoms with Crippen LogP contribution in [0.3, 0.4) is 0 Å². The van der Waals surface area contributed by atoms with E-state index in [1.165, 1.54) is 0 Å². The second kappa shape index (κ2) is 6.34. The molecule has 102 valence electrons. The third-order valence-electron chi connectivity index (χ3n) is 3.11. The normalized spacial score (nSPS) is 24.5. The van der Waals surface area contributed by atoms with Crippen LogP contribution in [0.2, 0.25) is 0 Å². The van der Waals surface area contributed by atoms with Gasteiger partial charge in [0.05, 0.1) is 0 Å². The van der Waals surface area contributed by atoms with Gasteiger partial charge in [0.15, 0.2) is 0 Å². The van der Waals surface area contributed by atoms with E-state index < -0.39 is 18.0 Å². The molecule has 1 aliphatic carbocycles. The van der Waals surface area contributed by atoms with Crippen molar-refractivity contribution in [3.05, 3.63) is 0 Å². The van der Waals surface area contributed by atoms with Crippen LogP contribution < -0.4 is 11.1 Å². The second-order valence-electron chi connectivity index (χ2n) is 4.60. The van der Waals surface area contributed by atoms with Crippen molar-refractivity contribution in [1.29, 1.82) is 0 Å². The van der Waals surface area contributed by atoms with E-state index in [0.29, 0.717) is 12.8 Å². The zero-order valence-corrected chi connectivity index (χ0v) is 9.96. The standard InChI is InChI=1S/C11H18N2O5/c12-7-2-1-6(5-7)10(16)13-8(11(17)18)3-4-9(14)15/h6-8H,1-5,12H2,(H,13,16)(H,14,15)(H,17,18). The maximum Gasteiger partial charge on any atom is 0.326 e. The summed E-state index contributed by atoms with van der Waals surface area (Å²) in [6, 6.07) is -1.16. The average molecular weight is 258 g/mol. The Kier molecular flexibility index (Phi) is 5.08. The summed E-state index contributed by atoms with van der Waals surface area (Å²) in [6.07, 6.45) is 1.55. The highest BCUT2D eigenvalue weighted by Gasteiger charge is 2.30. The van der Waals surface area contributed by atoms with Crippen molar-refractivity contribution >= 4 is 17.8 Å². The van der Waals surface area contributed by atoms with Gasteiger partial charge in [-0.25, -0.2) is 4.79 Å². The van der Waals surface area contributed by atoms with Gasteiger partial charge < -0.3 is 21.3 Å². The molecule has 0 aromatic heterocycles. The summed E-state index contributed by atoms with van der Waals surface area (Å²) in [7, 11) is 0. The molecule has 0 radical (unpaired) electrons. The van der Waals surface area contributed by atoms with Crippen molar-refractivity contribution < 1.29 is 24.6 Å². The molecule has 0 saturated heterocycles. The molecule has 1 rings (SSSR count). The summed E-state index contributed by atoms with van der Waals surface area (Å²) in [5, 5.41) is 19.8. The molecule has 0 bridgehead atoms. The van der Waals surface area contributed by atoms with Crippen LogP contribution in [0.4, 0.5) is 0 Å². The van der Waals surface area contributed by atoms with Crippen LogP contribution in [0.15, 0.2) is 0 Å². The third-order valence-corrected chi connectivity index (χ3v) is 3.11. The number of hydrogen-bond acceptors (Lipinski definition) is 4. The summed E-state index contributed by atoms with van der Waals surface area (Å²) < 4.78 is 0. The van der Waals surface area contributed by atoms with Crippen LogP contribution in [0.5, 0.6) is 0 Å². The first-order valence-electron chi connectivity index (χ1n) is 5.90. The quantitative estimate of drug-likeness (QED) is 0.510. The Balaban J connectivity index is 2.47. The smallest absolute Gasteiger partial charge is 0.326 e. The van der Waals surface area contributed by atoms with Crippen molar-refractivity contribution in [2.45, 2.75) is 44.2 Å². The van der Waals surface area contributed by atoms with Gasteiger partial charge in [-0.3, -0.25) is 9.59 Å². The van der Waals surface area contributed by atoms with Gasteiger partial charge in [-0.15, -0.1) is 0 Å². The number of hydrogen-bond donors (Lipinski definition) is 4. The predicted molar refractivity (Wildman–Crippen MR) is 61.8 cm³/mol. The molecule has 7 nitrogen and oxygen atoms in total. The summed E-state index contributed by atoms with van der Waals surface area (Å²) >= 11 is 0. The Morgan fingerprint density at radius 3 is 2.39 bits per heavy atom. The molecule has 0 aliphatic heterocycles. The van der Waals surface area contributed by atoms with E-state index in [4.69, 9.17) is 15.9 Å². The molecule has 1 fully saturated rings. The molecule has 0 heterocycles. The van der Waals surface area contributed by atoms with Gasteiger partial charge in [0, 0.05) is 18.4 Å². The number of carboxylic acid groups (broad SMARTS) is 2. The van der Waals surface area contributed by atoms with Gasteiger partial charge in [0.25, 0.3) is 0 Å². The van der Waals surface area contributed by atoms with E-state index >= 15 is 0 Å². The maximum absolute atomic E-state index is 11.8. The molecule has 1 saturated carbocycles. The summed E-state index contributed by atoms with van der Waals surface area (Å²) in [4.78, 5) is 33.1. The number of nitrogens with two attached hydrogens (primary N) is 1. The zero-order valence-electron chi connectivity index (χ0n) is 9.96. The number of amides is 1. The molecule has 7 heteroatoms. The summed E-state index contributed by atoms with van der Waals surface area (Å²) in [6.45, 7) is 0. The van der Waals surface area contributed by atoms with Gasteiger partial charge in [0.2, 0.25) is 5.91 Å². The number of carboxylic acids is 2. The van der Waals surface area contributed by atoms with Crippen molar-refractivity contribution in [1.82, 2.24) is 5.32 Å².